The van der Waals surface area contributed by atoms with Crippen LogP contribution >= 0.6 is 23.2 Å². The highest BCUT2D eigenvalue weighted by molar-refractivity contribution is 6.38. The smallest absolute Gasteiger partial charge is 0.344 e. The van der Waals surface area contributed by atoms with E-state index in [1.165, 1.54) is 0 Å². The molecule has 0 saturated heterocycles. The largest absolute Gasteiger partial charge is 0.422 e. The van der Waals surface area contributed by atoms with Gasteiger partial charge in [0.15, 0.2) is 0 Å². The number of benzene rings is 2. The zero-order valence-electron chi connectivity index (χ0n) is 10.6. The summed E-state index contributed by atoms with van der Waals surface area (Å²) in [6.45, 7) is 0. The van der Waals surface area contributed by atoms with Crippen LogP contribution < -0.4 is 5.63 Å². The molecule has 0 atom stereocenters. The molecular weight excluding hydrogens is 309 g/mol. The van der Waals surface area contributed by atoms with Gasteiger partial charge in [-0.2, -0.15) is 0 Å². The van der Waals surface area contributed by atoms with Gasteiger partial charge in [0.2, 0.25) is 0 Å². The van der Waals surface area contributed by atoms with E-state index in [2.05, 4.69) is 4.98 Å². The first kappa shape index (κ1) is 12.6. The molecule has 4 aromatic rings. The van der Waals surface area contributed by atoms with Crippen molar-refractivity contribution in [2.24, 2.45) is 0 Å². The minimum atomic E-state index is -0.430. The highest BCUT2D eigenvalue weighted by Crippen LogP contribution is 2.33. The van der Waals surface area contributed by atoms with Crippen LogP contribution in [-0.2, 0) is 0 Å². The average Bonchev–Trinajstić information content (AvgIpc) is 2.46. The van der Waals surface area contributed by atoms with Crippen LogP contribution in [-0.4, -0.2) is 4.98 Å². The zero-order valence-corrected chi connectivity index (χ0v) is 12.1. The summed E-state index contributed by atoms with van der Waals surface area (Å²) in [6, 6.07) is 12.4. The molecule has 5 heteroatoms. The molecule has 0 aliphatic heterocycles. The third kappa shape index (κ3) is 1.82. The summed E-state index contributed by atoms with van der Waals surface area (Å²) in [4.78, 5) is 16.7. The molecule has 0 fully saturated rings. The lowest BCUT2D eigenvalue weighted by Gasteiger charge is -2.07. The number of rotatable bonds is 0. The SMILES string of the molecule is O=c1oc2ccccc2c2c(Cl)nc3cc(Cl)ccc3c12. The maximum absolute atomic E-state index is 12.4. The summed E-state index contributed by atoms with van der Waals surface area (Å²) in [5.74, 6) is 0. The summed E-state index contributed by atoms with van der Waals surface area (Å²) in [6.07, 6.45) is 0. The lowest BCUT2D eigenvalue weighted by Crippen LogP contribution is -2.02. The molecule has 2 aromatic heterocycles. The van der Waals surface area contributed by atoms with Crippen molar-refractivity contribution in [3.05, 3.63) is 63.1 Å². The quantitative estimate of drug-likeness (QED) is 0.266. The predicted molar refractivity (Wildman–Crippen MR) is 85.3 cm³/mol. The number of aromatic nitrogens is 1. The molecule has 0 spiro atoms. The highest BCUT2D eigenvalue weighted by Gasteiger charge is 2.15. The van der Waals surface area contributed by atoms with Crippen molar-refractivity contribution in [1.29, 1.82) is 0 Å². The van der Waals surface area contributed by atoms with E-state index >= 15 is 0 Å². The Bertz CT molecular complexity index is 1090. The fraction of sp³-hybridized carbons (Fsp3) is 0. The normalized spacial score (nSPS) is 11.5. The van der Waals surface area contributed by atoms with E-state index in [0.717, 1.165) is 5.39 Å². The Morgan fingerprint density at radius 3 is 2.62 bits per heavy atom. The Labute approximate surface area is 128 Å². The van der Waals surface area contributed by atoms with Gasteiger partial charge in [-0.1, -0.05) is 47.5 Å². The zero-order chi connectivity index (χ0) is 14.6. The fourth-order valence-electron chi connectivity index (χ4n) is 2.58. The van der Waals surface area contributed by atoms with Crippen molar-refractivity contribution in [3.8, 4) is 0 Å². The first-order valence-electron chi connectivity index (χ1n) is 6.25. The standard InChI is InChI=1S/C16H7Cl2NO2/c17-8-5-6-9-11(7-8)19-15(18)13-10-3-1-2-4-12(10)21-16(20)14(9)13/h1-7H. The number of hydrogen-bond acceptors (Lipinski definition) is 3. The van der Waals surface area contributed by atoms with Crippen molar-refractivity contribution in [3.63, 3.8) is 0 Å². The third-order valence-electron chi connectivity index (χ3n) is 3.47. The van der Waals surface area contributed by atoms with Crippen molar-refractivity contribution >= 4 is 55.8 Å². The molecule has 0 unspecified atom stereocenters. The van der Waals surface area contributed by atoms with E-state index in [0.29, 0.717) is 32.3 Å². The second-order valence-corrected chi connectivity index (χ2v) is 5.49. The Kier molecular flexibility index (Phi) is 2.67. The maximum Gasteiger partial charge on any atom is 0.344 e. The molecule has 21 heavy (non-hydrogen) atoms. The minimum Gasteiger partial charge on any atom is -0.422 e. The van der Waals surface area contributed by atoms with Crippen molar-refractivity contribution in [2.75, 3.05) is 0 Å². The number of para-hydroxylation sites is 1. The number of nitrogens with zero attached hydrogens (tertiary/aromatic N) is 1. The molecule has 2 heterocycles. The minimum absolute atomic E-state index is 0.267. The van der Waals surface area contributed by atoms with Crippen LogP contribution in [0.25, 0.3) is 32.6 Å². The summed E-state index contributed by atoms with van der Waals surface area (Å²) >= 11 is 12.3. The Balaban J connectivity index is 2.39. The lowest BCUT2D eigenvalue weighted by molar-refractivity contribution is 0.570. The molecule has 3 nitrogen and oxygen atoms in total. The molecular formula is C16H7Cl2NO2. The molecule has 0 aliphatic carbocycles. The number of fused-ring (bicyclic) bond motifs is 5. The van der Waals surface area contributed by atoms with E-state index in [4.69, 9.17) is 27.6 Å². The summed E-state index contributed by atoms with van der Waals surface area (Å²) in [5, 5.41) is 3.29. The van der Waals surface area contributed by atoms with E-state index in [-0.39, 0.29) is 5.15 Å². The van der Waals surface area contributed by atoms with Gasteiger partial charge >= 0.3 is 5.63 Å². The fourth-order valence-corrected chi connectivity index (χ4v) is 3.03. The van der Waals surface area contributed by atoms with Gasteiger partial charge in [-0.15, -0.1) is 0 Å². The molecule has 0 radical (unpaired) electrons. The highest BCUT2D eigenvalue weighted by atomic mass is 35.5. The van der Waals surface area contributed by atoms with Crippen LogP contribution in [0.4, 0.5) is 0 Å². The number of pyridine rings is 1. The van der Waals surface area contributed by atoms with Gasteiger partial charge in [-0.25, -0.2) is 9.78 Å². The molecule has 0 saturated carbocycles. The monoisotopic (exact) mass is 315 g/mol. The van der Waals surface area contributed by atoms with Gasteiger partial charge < -0.3 is 4.42 Å². The summed E-state index contributed by atoms with van der Waals surface area (Å²) in [5.41, 5.74) is 0.634. The summed E-state index contributed by atoms with van der Waals surface area (Å²) in [7, 11) is 0. The number of halogens is 2. The van der Waals surface area contributed by atoms with Crippen LogP contribution in [0.5, 0.6) is 0 Å². The predicted octanol–water partition coefficient (Wildman–Crippen LogP) is 4.80. The van der Waals surface area contributed by atoms with Crippen LogP contribution in [0.1, 0.15) is 0 Å². The number of hydrogen-bond donors (Lipinski definition) is 0. The lowest BCUT2D eigenvalue weighted by atomic mass is 10.1. The Morgan fingerprint density at radius 2 is 1.76 bits per heavy atom. The van der Waals surface area contributed by atoms with Gasteiger partial charge in [-0.05, 0) is 18.2 Å². The van der Waals surface area contributed by atoms with Crippen LogP contribution in [0, 0.1) is 0 Å². The summed E-state index contributed by atoms with van der Waals surface area (Å²) < 4.78 is 5.39. The molecule has 0 N–H and O–H groups in total. The molecule has 102 valence electrons. The van der Waals surface area contributed by atoms with Crippen molar-refractivity contribution in [1.82, 2.24) is 4.98 Å². The van der Waals surface area contributed by atoms with Crippen LogP contribution in [0.2, 0.25) is 10.2 Å². The molecule has 0 aliphatic rings. The van der Waals surface area contributed by atoms with E-state index in [9.17, 15) is 4.79 Å². The van der Waals surface area contributed by atoms with Gasteiger partial charge in [0, 0.05) is 21.2 Å². The van der Waals surface area contributed by atoms with Crippen molar-refractivity contribution in [2.45, 2.75) is 0 Å². The second kappa shape index (κ2) is 4.45. The van der Waals surface area contributed by atoms with Gasteiger partial charge in [0.25, 0.3) is 0 Å². The Hall–Kier alpha value is -2.10. The average molecular weight is 316 g/mol. The maximum atomic E-state index is 12.4. The van der Waals surface area contributed by atoms with E-state index in [1.807, 2.05) is 12.1 Å². The van der Waals surface area contributed by atoms with Crippen LogP contribution in [0.3, 0.4) is 0 Å². The topological polar surface area (TPSA) is 43.1 Å². The molecule has 0 amide bonds. The Morgan fingerprint density at radius 1 is 0.952 bits per heavy atom. The van der Waals surface area contributed by atoms with E-state index < -0.39 is 5.63 Å². The van der Waals surface area contributed by atoms with E-state index in [1.54, 1.807) is 30.3 Å². The van der Waals surface area contributed by atoms with Gasteiger partial charge in [0.1, 0.15) is 10.7 Å². The first-order chi connectivity index (χ1) is 10.1. The van der Waals surface area contributed by atoms with Crippen LogP contribution in [0.15, 0.2) is 51.7 Å². The van der Waals surface area contributed by atoms with Gasteiger partial charge in [0.05, 0.1) is 10.9 Å². The molecule has 2 aromatic carbocycles. The second-order valence-electron chi connectivity index (χ2n) is 4.70. The third-order valence-corrected chi connectivity index (χ3v) is 3.98. The van der Waals surface area contributed by atoms with Crippen molar-refractivity contribution < 1.29 is 4.42 Å². The van der Waals surface area contributed by atoms with Gasteiger partial charge in [-0.3, -0.25) is 0 Å². The first-order valence-corrected chi connectivity index (χ1v) is 7.01. The molecule has 0 bridgehead atoms. The molecule has 4 rings (SSSR count).